The van der Waals surface area contributed by atoms with Crippen LogP contribution in [0.4, 0.5) is 13.2 Å². The van der Waals surface area contributed by atoms with Gasteiger partial charge in [0, 0.05) is 19.3 Å². The van der Waals surface area contributed by atoms with E-state index in [1.54, 1.807) is 42.2 Å². The van der Waals surface area contributed by atoms with Crippen LogP contribution in [0.5, 0.6) is 23.3 Å². The van der Waals surface area contributed by atoms with Crippen molar-refractivity contribution in [2.24, 2.45) is 7.05 Å². The van der Waals surface area contributed by atoms with Crippen molar-refractivity contribution in [1.29, 1.82) is 0 Å². The van der Waals surface area contributed by atoms with Crippen LogP contribution in [-0.4, -0.2) is 24.7 Å². The number of nitrogens with zero attached hydrogens (tertiary/aromatic N) is 5. The molecule has 0 amide bonds. The van der Waals surface area contributed by atoms with Gasteiger partial charge in [-0.2, -0.15) is 18.3 Å². The molecule has 7 nitrogen and oxygen atoms in total. The van der Waals surface area contributed by atoms with Gasteiger partial charge in [0.1, 0.15) is 23.2 Å². The van der Waals surface area contributed by atoms with Crippen molar-refractivity contribution in [1.82, 2.24) is 24.7 Å². The van der Waals surface area contributed by atoms with Crippen LogP contribution in [0.1, 0.15) is 5.56 Å². The van der Waals surface area contributed by atoms with E-state index in [0.29, 0.717) is 28.4 Å². The molecule has 142 valence electrons. The first-order chi connectivity index (χ1) is 13.4. The number of hydrogen-bond donors (Lipinski definition) is 0. The molecule has 0 saturated carbocycles. The Morgan fingerprint density at radius 1 is 0.857 bits per heavy atom. The molecule has 0 aliphatic carbocycles. The molecule has 4 rings (SSSR count). The van der Waals surface area contributed by atoms with Gasteiger partial charge in [0.25, 0.3) is 0 Å². The SMILES string of the molecule is Cn1ncc2c(Oc3ccc(Oc4ccc(C(F)(F)F)cn4)cc3)ncnc21. The fraction of sp³-hybridized carbons (Fsp3) is 0.111. The van der Waals surface area contributed by atoms with Gasteiger partial charge in [-0.25, -0.2) is 15.0 Å². The summed E-state index contributed by atoms with van der Waals surface area (Å²) in [6.45, 7) is 0. The largest absolute Gasteiger partial charge is 0.439 e. The predicted octanol–water partition coefficient (Wildman–Crippen LogP) is 4.36. The minimum atomic E-state index is -4.44. The van der Waals surface area contributed by atoms with Crippen molar-refractivity contribution in [3.05, 3.63) is 60.7 Å². The number of aromatic nitrogens is 5. The summed E-state index contributed by atoms with van der Waals surface area (Å²) in [7, 11) is 1.76. The summed E-state index contributed by atoms with van der Waals surface area (Å²) in [5.74, 6) is 1.30. The summed E-state index contributed by atoms with van der Waals surface area (Å²) in [6, 6.07) is 8.57. The van der Waals surface area contributed by atoms with Crippen LogP contribution in [0.25, 0.3) is 11.0 Å². The first kappa shape index (κ1) is 17.7. The zero-order chi connectivity index (χ0) is 19.7. The van der Waals surface area contributed by atoms with Crippen LogP contribution < -0.4 is 9.47 Å². The number of rotatable bonds is 4. The molecule has 0 saturated heterocycles. The fourth-order valence-electron chi connectivity index (χ4n) is 2.44. The highest BCUT2D eigenvalue weighted by atomic mass is 19.4. The first-order valence-electron chi connectivity index (χ1n) is 8.02. The predicted molar refractivity (Wildman–Crippen MR) is 92.1 cm³/mol. The lowest BCUT2D eigenvalue weighted by atomic mass is 10.3. The molecule has 4 aromatic rings. The summed E-state index contributed by atoms with van der Waals surface area (Å²) in [5.41, 5.74) is -0.200. The molecule has 0 aliphatic rings. The summed E-state index contributed by atoms with van der Waals surface area (Å²) >= 11 is 0. The van der Waals surface area contributed by atoms with Crippen molar-refractivity contribution in [3.63, 3.8) is 0 Å². The van der Waals surface area contributed by atoms with Crippen molar-refractivity contribution in [2.45, 2.75) is 6.18 Å². The molecular weight excluding hydrogens is 375 g/mol. The number of halogens is 3. The van der Waals surface area contributed by atoms with Gasteiger partial charge in [-0.3, -0.25) is 4.68 Å². The number of ether oxygens (including phenoxy) is 2. The Hall–Kier alpha value is -3.69. The number of pyridine rings is 1. The molecule has 3 aromatic heterocycles. The molecule has 0 N–H and O–H groups in total. The van der Waals surface area contributed by atoms with E-state index >= 15 is 0 Å². The number of aryl methyl sites for hydroxylation is 1. The van der Waals surface area contributed by atoms with Crippen molar-refractivity contribution in [3.8, 4) is 23.3 Å². The van der Waals surface area contributed by atoms with Crippen LogP contribution in [0.15, 0.2) is 55.1 Å². The molecular formula is C18H12F3N5O2. The maximum absolute atomic E-state index is 12.6. The third-order valence-electron chi connectivity index (χ3n) is 3.82. The highest BCUT2D eigenvalue weighted by Crippen LogP contribution is 2.31. The summed E-state index contributed by atoms with van der Waals surface area (Å²) in [6.07, 6.45) is -0.724. The molecule has 0 spiro atoms. The minimum Gasteiger partial charge on any atom is -0.439 e. The smallest absolute Gasteiger partial charge is 0.417 e. The Bertz CT molecular complexity index is 1110. The fourth-order valence-corrected chi connectivity index (χ4v) is 2.44. The maximum atomic E-state index is 12.6. The van der Waals surface area contributed by atoms with Crippen LogP contribution in [0.2, 0.25) is 0 Å². The average molecular weight is 387 g/mol. The monoisotopic (exact) mass is 387 g/mol. The zero-order valence-electron chi connectivity index (χ0n) is 14.4. The second kappa shape index (κ2) is 6.80. The third kappa shape index (κ3) is 3.56. The van der Waals surface area contributed by atoms with Gasteiger partial charge in [-0.05, 0) is 30.3 Å². The second-order valence-electron chi connectivity index (χ2n) is 5.74. The second-order valence-corrected chi connectivity index (χ2v) is 5.74. The lowest BCUT2D eigenvalue weighted by Crippen LogP contribution is -2.05. The topological polar surface area (TPSA) is 75.0 Å². The van der Waals surface area contributed by atoms with Crippen molar-refractivity contribution >= 4 is 11.0 Å². The van der Waals surface area contributed by atoms with Crippen molar-refractivity contribution < 1.29 is 22.6 Å². The van der Waals surface area contributed by atoms with Crippen LogP contribution in [-0.2, 0) is 13.2 Å². The number of benzene rings is 1. The van der Waals surface area contributed by atoms with Crippen molar-refractivity contribution in [2.75, 3.05) is 0 Å². The minimum absolute atomic E-state index is 0.0505. The lowest BCUT2D eigenvalue weighted by molar-refractivity contribution is -0.137. The van der Waals surface area contributed by atoms with Crippen LogP contribution >= 0.6 is 0 Å². The Labute approximate surface area is 156 Å². The Morgan fingerprint density at radius 3 is 2.21 bits per heavy atom. The highest BCUT2D eigenvalue weighted by molar-refractivity contribution is 5.79. The summed E-state index contributed by atoms with van der Waals surface area (Å²) in [4.78, 5) is 11.9. The van der Waals surface area contributed by atoms with E-state index in [1.807, 2.05) is 0 Å². The molecule has 0 bridgehead atoms. The van der Waals surface area contributed by atoms with E-state index < -0.39 is 11.7 Å². The Morgan fingerprint density at radius 2 is 1.57 bits per heavy atom. The third-order valence-corrected chi connectivity index (χ3v) is 3.82. The summed E-state index contributed by atoms with van der Waals surface area (Å²) in [5, 5.41) is 4.78. The van der Waals surface area contributed by atoms with E-state index in [-0.39, 0.29) is 5.88 Å². The van der Waals surface area contributed by atoms with E-state index in [2.05, 4.69) is 20.1 Å². The molecule has 28 heavy (non-hydrogen) atoms. The molecule has 0 unspecified atom stereocenters. The molecule has 3 heterocycles. The van der Waals surface area contributed by atoms with Gasteiger partial charge in [-0.1, -0.05) is 0 Å². The molecule has 10 heteroatoms. The lowest BCUT2D eigenvalue weighted by Gasteiger charge is -2.09. The van der Waals surface area contributed by atoms with Gasteiger partial charge in [0.05, 0.1) is 11.8 Å². The molecule has 0 atom stereocenters. The average Bonchev–Trinajstić information content (AvgIpc) is 3.05. The normalized spacial score (nSPS) is 11.6. The quantitative estimate of drug-likeness (QED) is 0.518. The summed E-state index contributed by atoms with van der Waals surface area (Å²) < 4.78 is 50.5. The molecule has 0 radical (unpaired) electrons. The highest BCUT2D eigenvalue weighted by Gasteiger charge is 2.30. The molecule has 0 fully saturated rings. The van der Waals surface area contributed by atoms with Gasteiger partial charge in [-0.15, -0.1) is 0 Å². The maximum Gasteiger partial charge on any atom is 0.417 e. The van der Waals surface area contributed by atoms with E-state index in [9.17, 15) is 13.2 Å². The number of fused-ring (bicyclic) bond motifs is 1. The van der Waals surface area contributed by atoms with E-state index in [4.69, 9.17) is 9.47 Å². The number of hydrogen-bond acceptors (Lipinski definition) is 6. The standard InChI is InChI=1S/C18H12F3N5O2/c1-26-16-14(9-25-26)17(24-10-23-16)28-13-5-3-12(4-6-13)27-15-7-2-11(8-22-15)18(19,20)21/h2-10H,1H3. The number of alkyl halides is 3. The van der Waals surface area contributed by atoms with Gasteiger partial charge >= 0.3 is 6.18 Å². The zero-order valence-corrected chi connectivity index (χ0v) is 14.4. The van der Waals surface area contributed by atoms with E-state index in [1.165, 1.54) is 6.33 Å². The van der Waals surface area contributed by atoms with E-state index in [0.717, 1.165) is 18.3 Å². The Kier molecular flexibility index (Phi) is 4.30. The van der Waals surface area contributed by atoms with Gasteiger partial charge in [0.15, 0.2) is 5.65 Å². The first-order valence-corrected chi connectivity index (χ1v) is 8.02. The van der Waals surface area contributed by atoms with Crippen LogP contribution in [0.3, 0.4) is 0 Å². The van der Waals surface area contributed by atoms with Crippen LogP contribution in [0, 0.1) is 0 Å². The van der Waals surface area contributed by atoms with Gasteiger partial charge in [0.2, 0.25) is 11.8 Å². The molecule has 1 aromatic carbocycles. The Balaban J connectivity index is 1.48. The van der Waals surface area contributed by atoms with Gasteiger partial charge < -0.3 is 9.47 Å². The molecule has 0 aliphatic heterocycles.